The van der Waals surface area contributed by atoms with Crippen LogP contribution in [-0.4, -0.2) is 32.7 Å². The van der Waals surface area contributed by atoms with Gasteiger partial charge >= 0.3 is 0 Å². The van der Waals surface area contributed by atoms with Gasteiger partial charge in [0.1, 0.15) is 12.4 Å². The lowest BCUT2D eigenvalue weighted by atomic mass is 10.1. The summed E-state index contributed by atoms with van der Waals surface area (Å²) in [5.41, 5.74) is 0.290. The van der Waals surface area contributed by atoms with Gasteiger partial charge in [-0.1, -0.05) is 23.7 Å². The molecule has 0 unspecified atom stereocenters. The summed E-state index contributed by atoms with van der Waals surface area (Å²) in [5, 5.41) is 0.0237. The van der Waals surface area contributed by atoms with Gasteiger partial charge in [0.05, 0.1) is 18.2 Å². The number of Topliss-reactive ketones (excluding diaryl/α,β-unsaturated/α-hetero) is 1. The van der Waals surface area contributed by atoms with E-state index in [0.29, 0.717) is 13.2 Å². The number of rotatable bonds is 7. The molecule has 0 amide bonds. The Bertz CT molecular complexity index is 382. The summed E-state index contributed by atoms with van der Waals surface area (Å²) in [5.74, 6) is -0.735. The van der Waals surface area contributed by atoms with Crippen molar-refractivity contribution in [3.63, 3.8) is 0 Å². The quantitative estimate of drug-likeness (QED) is 0.706. The smallest absolute Gasteiger partial charge is 0.162 e. The number of halogens is 2. The summed E-state index contributed by atoms with van der Waals surface area (Å²) in [6.45, 7) is 0.731. The van der Waals surface area contributed by atoms with E-state index in [1.165, 1.54) is 12.1 Å². The summed E-state index contributed by atoms with van der Waals surface area (Å²) >= 11 is 5.61. The van der Waals surface area contributed by atoms with E-state index >= 15 is 0 Å². The van der Waals surface area contributed by atoms with Crippen LogP contribution in [0.4, 0.5) is 4.39 Å². The molecule has 1 aromatic carbocycles. The Morgan fingerprint density at radius 1 is 1.41 bits per heavy atom. The Labute approximate surface area is 104 Å². The summed E-state index contributed by atoms with van der Waals surface area (Å²) in [7, 11) is 1.55. The molecule has 0 saturated carbocycles. The number of hydrogen-bond donors (Lipinski definition) is 0. The molecular weight excluding hydrogens is 247 g/mol. The standard InChI is InChI=1S/C12H14ClFO3/c1-16-5-6-17-8-10(15)7-9-3-2-4-11(13)12(9)14/h2-4H,5-8H2,1H3. The third-order valence-electron chi connectivity index (χ3n) is 2.11. The van der Waals surface area contributed by atoms with Gasteiger partial charge in [0.2, 0.25) is 0 Å². The fraction of sp³-hybridized carbons (Fsp3) is 0.417. The Morgan fingerprint density at radius 2 is 2.18 bits per heavy atom. The first-order valence-corrected chi connectivity index (χ1v) is 5.54. The zero-order valence-electron chi connectivity index (χ0n) is 9.54. The lowest BCUT2D eigenvalue weighted by Gasteiger charge is -2.05. The average molecular weight is 261 g/mol. The maximum Gasteiger partial charge on any atom is 0.162 e. The van der Waals surface area contributed by atoms with Crippen molar-refractivity contribution in [2.75, 3.05) is 26.9 Å². The van der Waals surface area contributed by atoms with Gasteiger partial charge in [0.25, 0.3) is 0 Å². The van der Waals surface area contributed by atoms with Crippen molar-refractivity contribution in [2.45, 2.75) is 6.42 Å². The highest BCUT2D eigenvalue weighted by atomic mass is 35.5. The van der Waals surface area contributed by atoms with Gasteiger partial charge in [-0.15, -0.1) is 0 Å². The second-order valence-corrected chi connectivity index (χ2v) is 3.88. The number of carbonyl (C=O) groups is 1. The van der Waals surface area contributed by atoms with Gasteiger partial charge in [0, 0.05) is 13.5 Å². The first-order chi connectivity index (χ1) is 8.15. The van der Waals surface area contributed by atoms with Crippen LogP contribution in [-0.2, 0) is 20.7 Å². The fourth-order valence-corrected chi connectivity index (χ4v) is 1.47. The average Bonchev–Trinajstić information content (AvgIpc) is 2.31. The Balaban J connectivity index is 2.43. The van der Waals surface area contributed by atoms with E-state index in [1.54, 1.807) is 13.2 Å². The minimum Gasteiger partial charge on any atom is -0.382 e. The normalized spacial score (nSPS) is 10.5. The molecule has 0 bridgehead atoms. The molecule has 0 spiro atoms. The predicted octanol–water partition coefficient (Wildman–Crippen LogP) is 2.25. The Kier molecular flexibility index (Phi) is 6.11. The van der Waals surface area contributed by atoms with Crippen molar-refractivity contribution in [1.29, 1.82) is 0 Å². The highest BCUT2D eigenvalue weighted by Crippen LogP contribution is 2.18. The lowest BCUT2D eigenvalue weighted by Crippen LogP contribution is -2.14. The molecule has 0 N–H and O–H groups in total. The molecule has 0 aromatic heterocycles. The molecule has 0 aliphatic rings. The number of methoxy groups -OCH3 is 1. The van der Waals surface area contributed by atoms with E-state index in [-0.39, 0.29) is 29.4 Å². The number of benzene rings is 1. The third-order valence-corrected chi connectivity index (χ3v) is 2.41. The van der Waals surface area contributed by atoms with Crippen LogP contribution in [0, 0.1) is 5.82 Å². The third kappa shape index (κ3) is 4.81. The second-order valence-electron chi connectivity index (χ2n) is 3.47. The first kappa shape index (κ1) is 14.1. The molecule has 5 heteroatoms. The molecule has 0 saturated heterocycles. The van der Waals surface area contributed by atoms with Crippen molar-refractivity contribution in [2.24, 2.45) is 0 Å². The highest BCUT2D eigenvalue weighted by molar-refractivity contribution is 6.30. The minimum absolute atomic E-state index is 0.0145. The van der Waals surface area contributed by atoms with Crippen LogP contribution in [0.5, 0.6) is 0 Å². The number of carbonyl (C=O) groups excluding carboxylic acids is 1. The summed E-state index contributed by atoms with van der Waals surface area (Å²) < 4.78 is 23.3. The van der Waals surface area contributed by atoms with E-state index in [4.69, 9.17) is 21.1 Å². The molecule has 0 aliphatic heterocycles. The van der Waals surface area contributed by atoms with Gasteiger partial charge in [-0.2, -0.15) is 0 Å². The molecule has 94 valence electrons. The number of hydrogen-bond acceptors (Lipinski definition) is 3. The van der Waals surface area contributed by atoms with Gasteiger partial charge in [0.15, 0.2) is 5.78 Å². The first-order valence-electron chi connectivity index (χ1n) is 5.16. The Morgan fingerprint density at radius 3 is 2.88 bits per heavy atom. The highest BCUT2D eigenvalue weighted by Gasteiger charge is 2.10. The molecule has 1 aromatic rings. The zero-order chi connectivity index (χ0) is 12.7. The summed E-state index contributed by atoms with van der Waals surface area (Å²) in [4.78, 5) is 11.5. The molecule has 0 heterocycles. The van der Waals surface area contributed by atoms with E-state index in [1.807, 2.05) is 0 Å². The van der Waals surface area contributed by atoms with Crippen molar-refractivity contribution < 1.29 is 18.7 Å². The maximum absolute atomic E-state index is 13.5. The van der Waals surface area contributed by atoms with E-state index in [2.05, 4.69) is 0 Å². The SMILES string of the molecule is COCCOCC(=O)Cc1cccc(Cl)c1F. The fourth-order valence-electron chi connectivity index (χ4n) is 1.28. The van der Waals surface area contributed by atoms with Crippen LogP contribution >= 0.6 is 11.6 Å². The Hall–Kier alpha value is -0.970. The van der Waals surface area contributed by atoms with E-state index in [9.17, 15) is 9.18 Å². The van der Waals surface area contributed by atoms with Gasteiger partial charge in [-0.3, -0.25) is 4.79 Å². The molecule has 0 atom stereocenters. The molecular formula is C12H14ClFO3. The molecule has 3 nitrogen and oxygen atoms in total. The minimum atomic E-state index is -0.542. The van der Waals surface area contributed by atoms with Crippen molar-refractivity contribution in [3.05, 3.63) is 34.6 Å². The largest absolute Gasteiger partial charge is 0.382 e. The van der Waals surface area contributed by atoms with E-state index in [0.717, 1.165) is 0 Å². The van der Waals surface area contributed by atoms with Crippen LogP contribution in [0.25, 0.3) is 0 Å². The van der Waals surface area contributed by atoms with Crippen LogP contribution in [0.15, 0.2) is 18.2 Å². The van der Waals surface area contributed by atoms with E-state index < -0.39 is 5.82 Å². The van der Waals surface area contributed by atoms with Gasteiger partial charge < -0.3 is 9.47 Å². The van der Waals surface area contributed by atoms with Crippen LogP contribution in [0.1, 0.15) is 5.56 Å². The maximum atomic E-state index is 13.5. The molecule has 1 rings (SSSR count). The lowest BCUT2D eigenvalue weighted by molar-refractivity contribution is -0.123. The number of ether oxygens (including phenoxy) is 2. The molecule has 0 radical (unpaired) electrons. The molecule has 0 aliphatic carbocycles. The monoisotopic (exact) mass is 260 g/mol. The zero-order valence-corrected chi connectivity index (χ0v) is 10.3. The van der Waals surface area contributed by atoms with Gasteiger partial charge in [-0.05, 0) is 11.6 Å². The van der Waals surface area contributed by atoms with Crippen LogP contribution < -0.4 is 0 Å². The van der Waals surface area contributed by atoms with Crippen molar-refractivity contribution in [1.82, 2.24) is 0 Å². The topological polar surface area (TPSA) is 35.5 Å². The van der Waals surface area contributed by atoms with Crippen molar-refractivity contribution in [3.8, 4) is 0 Å². The van der Waals surface area contributed by atoms with Gasteiger partial charge in [-0.25, -0.2) is 4.39 Å². The van der Waals surface area contributed by atoms with Crippen molar-refractivity contribution >= 4 is 17.4 Å². The second kappa shape index (κ2) is 7.37. The predicted molar refractivity (Wildman–Crippen MR) is 62.8 cm³/mol. The molecule has 0 fully saturated rings. The van der Waals surface area contributed by atoms with Crippen LogP contribution in [0.3, 0.4) is 0 Å². The molecule has 17 heavy (non-hydrogen) atoms. The van der Waals surface area contributed by atoms with Crippen LogP contribution in [0.2, 0.25) is 5.02 Å². The summed E-state index contributed by atoms with van der Waals surface area (Å²) in [6, 6.07) is 4.59. The number of ketones is 1. The summed E-state index contributed by atoms with van der Waals surface area (Å²) in [6.07, 6.45) is -0.0145.